The first kappa shape index (κ1) is 29.0. The van der Waals surface area contributed by atoms with Crippen molar-refractivity contribution in [3.05, 3.63) is 111 Å². The number of carbonyl (C=O) groups is 3. The minimum absolute atomic E-state index is 0.0716. The van der Waals surface area contributed by atoms with E-state index in [1.165, 1.54) is 11.3 Å². The van der Waals surface area contributed by atoms with Gasteiger partial charge in [0.2, 0.25) is 0 Å². The van der Waals surface area contributed by atoms with Crippen molar-refractivity contribution in [2.75, 3.05) is 19.8 Å². The molecule has 4 heterocycles. The van der Waals surface area contributed by atoms with E-state index in [2.05, 4.69) is 39.6 Å². The van der Waals surface area contributed by atoms with Crippen molar-refractivity contribution in [3.63, 3.8) is 0 Å². The third-order valence-corrected chi connectivity index (χ3v) is 9.34. The predicted octanol–water partition coefficient (Wildman–Crippen LogP) is 6.12. The van der Waals surface area contributed by atoms with Gasteiger partial charge in [-0.1, -0.05) is 60.1 Å². The molecule has 10 nitrogen and oxygen atoms in total. The maximum Gasteiger partial charge on any atom is 0.407 e. The topological polar surface area (TPSA) is 115 Å². The number of fused-ring (bicyclic) bond motifs is 4. The van der Waals surface area contributed by atoms with Crippen molar-refractivity contribution in [1.29, 1.82) is 0 Å². The Bertz CT molecular complexity index is 1890. The van der Waals surface area contributed by atoms with E-state index in [0.717, 1.165) is 22.3 Å². The van der Waals surface area contributed by atoms with E-state index >= 15 is 0 Å². The second-order valence-electron chi connectivity index (χ2n) is 10.9. The average molecular weight is 642 g/mol. The fraction of sp³-hybridized carbons (Fsp3) is 0.242. The number of rotatable bonds is 7. The van der Waals surface area contributed by atoms with Gasteiger partial charge in [-0.15, -0.1) is 11.3 Å². The number of aromatic nitrogens is 3. The van der Waals surface area contributed by atoms with Gasteiger partial charge in [-0.3, -0.25) is 4.79 Å². The van der Waals surface area contributed by atoms with E-state index in [9.17, 15) is 14.4 Å². The summed E-state index contributed by atoms with van der Waals surface area (Å²) in [5, 5.41) is 5.65. The molecule has 1 aliphatic heterocycles. The zero-order valence-electron chi connectivity index (χ0n) is 24.2. The van der Waals surface area contributed by atoms with Gasteiger partial charge in [-0.25, -0.2) is 19.6 Å². The van der Waals surface area contributed by atoms with E-state index in [0.29, 0.717) is 22.1 Å². The Morgan fingerprint density at radius 1 is 1.00 bits per heavy atom. The van der Waals surface area contributed by atoms with E-state index < -0.39 is 24.1 Å². The molecule has 0 bridgehead atoms. The minimum atomic E-state index is -0.566. The lowest BCUT2D eigenvalue weighted by Gasteiger charge is -2.22. The van der Waals surface area contributed by atoms with Gasteiger partial charge in [0.1, 0.15) is 23.0 Å². The van der Waals surface area contributed by atoms with E-state index in [4.69, 9.17) is 21.1 Å². The van der Waals surface area contributed by atoms with Crippen LogP contribution in [0, 0.1) is 0 Å². The smallest absolute Gasteiger partial charge is 0.407 e. The third kappa shape index (κ3) is 5.53. The van der Waals surface area contributed by atoms with Crippen molar-refractivity contribution >= 4 is 46.6 Å². The van der Waals surface area contributed by atoms with Gasteiger partial charge in [0.05, 0.1) is 18.7 Å². The standard InChI is InChI=1S/C33H28ClN5O5S/c1-2-43-32(41)27-18-45-30(37-27)28-14-20(15-39(28)31(40)26-16-38-12-11-19(34)13-29(38)36-26)35-33(42)44-17-25-23-9-5-3-7-21(23)22-8-4-6-10-24(22)25/h3-13,16,18,20,25,28H,2,14-15,17H2,1H3,(H,35,42)/t20-,28-/m1/s1. The summed E-state index contributed by atoms with van der Waals surface area (Å²) in [6.07, 6.45) is 3.19. The Morgan fingerprint density at radius 3 is 2.47 bits per heavy atom. The van der Waals surface area contributed by atoms with Gasteiger partial charge in [0.15, 0.2) is 5.69 Å². The number of thiazole rings is 1. The molecule has 0 spiro atoms. The molecular weight excluding hydrogens is 614 g/mol. The van der Waals surface area contributed by atoms with Gasteiger partial charge < -0.3 is 24.1 Å². The lowest BCUT2D eigenvalue weighted by atomic mass is 9.98. The fourth-order valence-electron chi connectivity index (χ4n) is 6.15. The molecule has 3 aromatic heterocycles. The van der Waals surface area contributed by atoms with Gasteiger partial charge in [-0.05, 0) is 41.7 Å². The van der Waals surface area contributed by atoms with Gasteiger partial charge >= 0.3 is 12.1 Å². The lowest BCUT2D eigenvalue weighted by Crippen LogP contribution is -2.39. The minimum Gasteiger partial charge on any atom is -0.461 e. The summed E-state index contributed by atoms with van der Waals surface area (Å²) in [6, 6.07) is 18.8. The Kier molecular flexibility index (Phi) is 7.72. The molecule has 2 amide bonds. The fourth-order valence-corrected chi connectivity index (χ4v) is 7.22. The first-order valence-corrected chi connectivity index (χ1v) is 15.8. The van der Waals surface area contributed by atoms with E-state index in [1.807, 2.05) is 24.3 Å². The molecule has 1 N–H and O–H groups in total. The molecule has 0 unspecified atom stereocenters. The molecule has 228 valence electrons. The summed E-state index contributed by atoms with van der Waals surface area (Å²) >= 11 is 7.39. The number of amides is 2. The zero-order valence-corrected chi connectivity index (χ0v) is 25.8. The van der Waals surface area contributed by atoms with Crippen molar-refractivity contribution in [1.82, 2.24) is 24.6 Å². The van der Waals surface area contributed by atoms with Crippen LogP contribution in [0.4, 0.5) is 4.79 Å². The summed E-state index contributed by atoms with van der Waals surface area (Å²) in [4.78, 5) is 49.9. The van der Waals surface area contributed by atoms with Crippen LogP contribution in [0.15, 0.2) is 78.4 Å². The number of carbonyl (C=O) groups excluding carboxylic acids is 3. The Balaban J connectivity index is 1.09. The average Bonchev–Trinajstić information content (AvgIpc) is 3.84. The molecule has 7 rings (SSSR count). The number of nitrogens with zero attached hydrogens (tertiary/aromatic N) is 4. The number of hydrogen-bond acceptors (Lipinski definition) is 8. The summed E-state index contributed by atoms with van der Waals surface area (Å²) < 4.78 is 12.6. The van der Waals surface area contributed by atoms with Gasteiger partial charge in [-0.2, -0.15) is 0 Å². The second-order valence-corrected chi connectivity index (χ2v) is 12.2. The van der Waals surface area contributed by atoms with Crippen LogP contribution < -0.4 is 5.32 Å². The highest BCUT2D eigenvalue weighted by Gasteiger charge is 2.40. The van der Waals surface area contributed by atoms with Crippen LogP contribution in [0.2, 0.25) is 5.02 Å². The maximum absolute atomic E-state index is 13.9. The van der Waals surface area contributed by atoms with Gasteiger partial charge in [0.25, 0.3) is 5.91 Å². The number of alkyl carbamates (subject to hydrolysis) is 1. The molecule has 1 saturated heterocycles. The summed E-state index contributed by atoms with van der Waals surface area (Å²) in [5.74, 6) is -0.927. The molecule has 1 fully saturated rings. The molecule has 2 aliphatic rings. The molecule has 45 heavy (non-hydrogen) atoms. The van der Waals surface area contributed by atoms with Crippen LogP contribution in [-0.2, 0) is 9.47 Å². The molecule has 12 heteroatoms. The summed E-state index contributed by atoms with van der Waals surface area (Å²) in [5.41, 5.74) is 5.49. The highest BCUT2D eigenvalue weighted by Crippen LogP contribution is 2.44. The zero-order chi connectivity index (χ0) is 31.1. The van der Waals surface area contributed by atoms with Crippen LogP contribution in [0.3, 0.4) is 0 Å². The van der Waals surface area contributed by atoms with Crippen molar-refractivity contribution in [3.8, 4) is 11.1 Å². The van der Waals surface area contributed by atoms with Crippen LogP contribution in [0.25, 0.3) is 16.8 Å². The molecule has 2 atom stereocenters. The highest BCUT2D eigenvalue weighted by molar-refractivity contribution is 7.09. The van der Waals surface area contributed by atoms with E-state index in [-0.39, 0.29) is 43.0 Å². The summed E-state index contributed by atoms with van der Waals surface area (Å²) in [7, 11) is 0. The molecule has 2 aromatic carbocycles. The number of likely N-dealkylation sites (tertiary alicyclic amines) is 1. The lowest BCUT2D eigenvalue weighted by molar-refractivity contribution is 0.0520. The first-order chi connectivity index (χ1) is 21.9. The Hall–Kier alpha value is -4.74. The quantitative estimate of drug-likeness (QED) is 0.213. The SMILES string of the molecule is CCOC(=O)c1csc([C@H]2C[C@@H](NC(=O)OCC3c4ccccc4-c4ccccc43)CN2C(=O)c2cn3ccc(Cl)cc3n2)n1. The van der Waals surface area contributed by atoms with Crippen LogP contribution in [0.5, 0.6) is 0 Å². The largest absolute Gasteiger partial charge is 0.461 e. The molecule has 0 saturated carbocycles. The second kappa shape index (κ2) is 12.0. The molecular formula is C33H28ClN5O5S. The number of imidazole rings is 1. The normalized spacial score (nSPS) is 17.2. The van der Waals surface area contributed by atoms with E-state index in [1.54, 1.807) is 46.1 Å². The molecule has 1 aliphatic carbocycles. The molecule has 5 aromatic rings. The first-order valence-electron chi connectivity index (χ1n) is 14.6. The highest BCUT2D eigenvalue weighted by atomic mass is 35.5. The monoisotopic (exact) mass is 641 g/mol. The number of nitrogens with one attached hydrogen (secondary N) is 1. The number of pyridine rings is 1. The maximum atomic E-state index is 13.9. The van der Waals surface area contributed by atoms with Crippen LogP contribution >= 0.6 is 22.9 Å². The number of esters is 1. The molecule has 0 radical (unpaired) electrons. The van der Waals surface area contributed by atoms with Crippen LogP contribution in [0.1, 0.15) is 62.4 Å². The Morgan fingerprint density at radius 2 is 1.73 bits per heavy atom. The number of hydrogen-bond donors (Lipinski definition) is 1. The van der Waals surface area contributed by atoms with Crippen LogP contribution in [-0.4, -0.2) is 63.0 Å². The van der Waals surface area contributed by atoms with Crippen molar-refractivity contribution in [2.45, 2.75) is 31.3 Å². The number of benzene rings is 2. The third-order valence-electron chi connectivity index (χ3n) is 8.16. The Labute approximate surface area is 267 Å². The number of ether oxygens (including phenoxy) is 2. The van der Waals surface area contributed by atoms with Gasteiger partial charge in [0, 0.05) is 41.3 Å². The number of halogens is 1. The van der Waals surface area contributed by atoms with Crippen molar-refractivity contribution in [2.24, 2.45) is 0 Å². The van der Waals surface area contributed by atoms with Crippen molar-refractivity contribution < 1.29 is 23.9 Å². The predicted molar refractivity (Wildman–Crippen MR) is 169 cm³/mol. The summed E-state index contributed by atoms with van der Waals surface area (Å²) in [6.45, 7) is 2.34.